The van der Waals surface area contributed by atoms with Gasteiger partial charge in [-0.05, 0) is 49.2 Å². The minimum atomic E-state index is -0.545. The second kappa shape index (κ2) is 7.51. The molecule has 0 aromatic heterocycles. The highest BCUT2D eigenvalue weighted by atomic mass is 79.9. The summed E-state index contributed by atoms with van der Waals surface area (Å²) in [6.45, 7) is 3.60. The highest BCUT2D eigenvalue weighted by Crippen LogP contribution is 2.29. The predicted molar refractivity (Wildman–Crippen MR) is 106 cm³/mol. The van der Waals surface area contributed by atoms with E-state index in [9.17, 15) is 9.59 Å². The van der Waals surface area contributed by atoms with Gasteiger partial charge in [0.25, 0.3) is 5.91 Å². The molecule has 3 N–H and O–H groups in total. The van der Waals surface area contributed by atoms with E-state index in [1.165, 1.54) is 0 Å². The molecule has 0 saturated carbocycles. The summed E-state index contributed by atoms with van der Waals surface area (Å²) in [6, 6.07) is 11.9. The van der Waals surface area contributed by atoms with Gasteiger partial charge < -0.3 is 16.0 Å². The van der Waals surface area contributed by atoms with Crippen molar-refractivity contribution in [3.8, 4) is 0 Å². The van der Waals surface area contributed by atoms with Crippen molar-refractivity contribution in [3.05, 3.63) is 74.4 Å². The van der Waals surface area contributed by atoms with Gasteiger partial charge in [0.05, 0.1) is 11.6 Å². The maximum Gasteiger partial charge on any atom is 0.319 e. The van der Waals surface area contributed by atoms with Crippen molar-refractivity contribution in [1.29, 1.82) is 0 Å². The van der Waals surface area contributed by atoms with Crippen molar-refractivity contribution in [2.24, 2.45) is 0 Å². The number of hydrogen-bond donors (Lipinski definition) is 3. The predicted octanol–water partition coefficient (Wildman–Crippen LogP) is 4.68. The maximum atomic E-state index is 13.0. The average Bonchev–Trinajstić information content (AvgIpc) is 2.58. The number of anilines is 1. The summed E-state index contributed by atoms with van der Waals surface area (Å²) in [5.74, 6) is -0.298. The standard InChI is InChI=1S/C19H17BrClN3O2/c1-10-3-8-14(21)9-15(10)23-18(25)16-11(2)22-19(26)24-17(16)12-4-6-13(20)7-5-12/h3-9,17H,1-2H3,(H,23,25)(H2,22,24,26). The molecule has 1 atom stereocenters. The van der Waals surface area contributed by atoms with E-state index < -0.39 is 6.04 Å². The molecule has 26 heavy (non-hydrogen) atoms. The number of allylic oxidation sites excluding steroid dienone is 1. The Morgan fingerprint density at radius 2 is 1.85 bits per heavy atom. The molecule has 3 rings (SSSR count). The topological polar surface area (TPSA) is 70.2 Å². The normalized spacial score (nSPS) is 16.8. The van der Waals surface area contributed by atoms with E-state index in [2.05, 4.69) is 31.9 Å². The molecule has 0 fully saturated rings. The SMILES string of the molecule is CC1=C(C(=O)Nc2cc(Cl)ccc2C)C(c2ccc(Br)cc2)NC(=O)N1. The van der Waals surface area contributed by atoms with Crippen molar-refractivity contribution >= 4 is 45.2 Å². The Labute approximate surface area is 164 Å². The zero-order chi connectivity index (χ0) is 18.8. The molecule has 1 aliphatic heterocycles. The molecule has 134 valence electrons. The lowest BCUT2D eigenvalue weighted by molar-refractivity contribution is -0.113. The fourth-order valence-corrected chi connectivity index (χ4v) is 3.26. The number of urea groups is 1. The second-order valence-corrected chi connectivity index (χ2v) is 7.39. The Kier molecular flexibility index (Phi) is 5.34. The van der Waals surface area contributed by atoms with Gasteiger partial charge >= 0.3 is 6.03 Å². The molecule has 1 unspecified atom stereocenters. The molecular formula is C19H17BrClN3O2. The molecule has 2 aromatic rings. The number of carbonyl (C=O) groups excluding carboxylic acids is 2. The Hall–Kier alpha value is -2.31. The molecule has 0 bridgehead atoms. The van der Waals surface area contributed by atoms with Crippen LogP contribution in [0.2, 0.25) is 5.02 Å². The Bertz CT molecular complexity index is 910. The molecule has 0 saturated heterocycles. The average molecular weight is 435 g/mol. The third kappa shape index (κ3) is 3.92. The molecule has 0 radical (unpaired) electrons. The largest absolute Gasteiger partial charge is 0.327 e. The summed E-state index contributed by atoms with van der Waals surface area (Å²) >= 11 is 9.43. The van der Waals surface area contributed by atoms with Crippen molar-refractivity contribution in [2.75, 3.05) is 5.32 Å². The van der Waals surface area contributed by atoms with Crippen LogP contribution in [0.5, 0.6) is 0 Å². The van der Waals surface area contributed by atoms with Crippen LogP contribution in [0.25, 0.3) is 0 Å². The van der Waals surface area contributed by atoms with E-state index in [1.807, 2.05) is 37.3 Å². The van der Waals surface area contributed by atoms with Crippen molar-refractivity contribution in [3.63, 3.8) is 0 Å². The molecule has 1 aliphatic rings. The number of carbonyl (C=O) groups is 2. The van der Waals surface area contributed by atoms with Crippen LogP contribution in [-0.2, 0) is 4.79 Å². The zero-order valence-corrected chi connectivity index (χ0v) is 16.5. The minimum absolute atomic E-state index is 0.298. The third-order valence-corrected chi connectivity index (χ3v) is 4.93. The van der Waals surface area contributed by atoms with E-state index in [4.69, 9.17) is 11.6 Å². The first kappa shape index (κ1) is 18.5. The van der Waals surface area contributed by atoms with Gasteiger partial charge in [0.15, 0.2) is 0 Å². The van der Waals surface area contributed by atoms with E-state index in [-0.39, 0.29) is 11.9 Å². The number of amides is 3. The van der Waals surface area contributed by atoms with Crippen LogP contribution in [0, 0.1) is 6.92 Å². The van der Waals surface area contributed by atoms with Crippen molar-refractivity contribution in [1.82, 2.24) is 10.6 Å². The van der Waals surface area contributed by atoms with Crippen LogP contribution in [0.4, 0.5) is 10.5 Å². The summed E-state index contributed by atoms with van der Waals surface area (Å²) < 4.78 is 0.919. The van der Waals surface area contributed by atoms with E-state index in [0.717, 1.165) is 15.6 Å². The highest BCUT2D eigenvalue weighted by molar-refractivity contribution is 9.10. The number of benzene rings is 2. The summed E-state index contributed by atoms with van der Waals surface area (Å²) in [7, 11) is 0. The fraction of sp³-hybridized carbons (Fsp3) is 0.158. The van der Waals surface area contributed by atoms with Crippen LogP contribution in [0.3, 0.4) is 0 Å². The summed E-state index contributed by atoms with van der Waals surface area (Å²) in [5.41, 5.74) is 3.31. The number of rotatable bonds is 3. The van der Waals surface area contributed by atoms with Gasteiger partial charge in [-0.15, -0.1) is 0 Å². The molecule has 0 aliphatic carbocycles. The van der Waals surface area contributed by atoms with E-state index in [1.54, 1.807) is 19.1 Å². The van der Waals surface area contributed by atoms with Crippen LogP contribution in [0.15, 0.2) is 58.2 Å². The van der Waals surface area contributed by atoms with Crippen LogP contribution >= 0.6 is 27.5 Å². The van der Waals surface area contributed by atoms with Gasteiger partial charge in [-0.25, -0.2) is 4.79 Å². The molecular weight excluding hydrogens is 418 g/mol. The van der Waals surface area contributed by atoms with E-state index >= 15 is 0 Å². The van der Waals surface area contributed by atoms with Crippen LogP contribution in [0.1, 0.15) is 24.1 Å². The first-order valence-electron chi connectivity index (χ1n) is 7.96. The third-order valence-electron chi connectivity index (χ3n) is 4.16. The lowest BCUT2D eigenvalue weighted by Crippen LogP contribution is -2.46. The van der Waals surface area contributed by atoms with E-state index in [0.29, 0.717) is 22.0 Å². The number of aryl methyl sites for hydroxylation is 1. The monoisotopic (exact) mass is 433 g/mol. The van der Waals surface area contributed by atoms with Gasteiger partial charge in [0.1, 0.15) is 0 Å². The minimum Gasteiger partial charge on any atom is -0.327 e. The van der Waals surface area contributed by atoms with Gasteiger partial charge in [-0.1, -0.05) is 45.7 Å². The molecule has 1 heterocycles. The molecule has 5 nitrogen and oxygen atoms in total. The molecule has 2 aromatic carbocycles. The Balaban J connectivity index is 1.96. The Morgan fingerprint density at radius 1 is 1.15 bits per heavy atom. The highest BCUT2D eigenvalue weighted by Gasteiger charge is 2.31. The van der Waals surface area contributed by atoms with Crippen LogP contribution < -0.4 is 16.0 Å². The van der Waals surface area contributed by atoms with Crippen molar-refractivity contribution in [2.45, 2.75) is 19.9 Å². The van der Waals surface area contributed by atoms with Gasteiger partial charge in [-0.2, -0.15) is 0 Å². The molecule has 3 amide bonds. The molecule has 0 spiro atoms. The number of hydrogen-bond acceptors (Lipinski definition) is 2. The maximum absolute atomic E-state index is 13.0. The fourth-order valence-electron chi connectivity index (χ4n) is 2.82. The lowest BCUT2D eigenvalue weighted by atomic mass is 9.95. The van der Waals surface area contributed by atoms with Crippen LogP contribution in [-0.4, -0.2) is 11.9 Å². The second-order valence-electron chi connectivity index (χ2n) is 6.04. The first-order chi connectivity index (χ1) is 12.3. The lowest BCUT2D eigenvalue weighted by Gasteiger charge is -2.29. The number of nitrogens with one attached hydrogen (secondary N) is 3. The zero-order valence-electron chi connectivity index (χ0n) is 14.2. The quantitative estimate of drug-likeness (QED) is 0.656. The number of halogens is 2. The van der Waals surface area contributed by atoms with Gasteiger partial charge in [0.2, 0.25) is 0 Å². The Morgan fingerprint density at radius 3 is 2.54 bits per heavy atom. The smallest absolute Gasteiger partial charge is 0.319 e. The summed E-state index contributed by atoms with van der Waals surface area (Å²) in [6.07, 6.45) is 0. The van der Waals surface area contributed by atoms with Gasteiger partial charge in [-0.3, -0.25) is 4.79 Å². The summed E-state index contributed by atoms with van der Waals surface area (Å²) in [4.78, 5) is 24.9. The van der Waals surface area contributed by atoms with Gasteiger partial charge in [0, 0.05) is 20.9 Å². The first-order valence-corrected chi connectivity index (χ1v) is 9.13. The summed E-state index contributed by atoms with van der Waals surface area (Å²) in [5, 5.41) is 8.92. The molecule has 7 heteroatoms. The van der Waals surface area contributed by atoms with Crippen molar-refractivity contribution < 1.29 is 9.59 Å².